The van der Waals surface area contributed by atoms with Gasteiger partial charge in [-0.3, -0.25) is 0 Å². The minimum Gasteiger partial charge on any atom is -0.310 e. The first-order valence-corrected chi connectivity index (χ1v) is 36.8. The Balaban J connectivity index is 1.02. The summed E-state index contributed by atoms with van der Waals surface area (Å²) in [6.07, 6.45) is 34.0. The zero-order chi connectivity index (χ0) is 65.0. The van der Waals surface area contributed by atoms with Gasteiger partial charge in [-0.1, -0.05) is 297 Å². The van der Waals surface area contributed by atoms with Crippen LogP contribution >= 0.6 is 0 Å². The number of hydrogen-bond donors (Lipinski definition) is 0. The molecule has 0 atom stereocenters. The van der Waals surface area contributed by atoms with Crippen molar-refractivity contribution in [2.75, 3.05) is 9.80 Å². The molecule has 0 unspecified atom stereocenters. The topological polar surface area (TPSA) is 34.6 Å². The molecule has 9 aromatic carbocycles. The molecule has 0 saturated heterocycles. The molecule has 94 heavy (non-hydrogen) atoms. The summed E-state index contributed by atoms with van der Waals surface area (Å²) < 4.78 is 0. The number of hydrogen-bond acceptors (Lipinski definition) is 3. The molecule has 0 saturated carbocycles. The molecule has 4 heteroatoms. The van der Waals surface area contributed by atoms with Crippen LogP contribution in [0, 0.1) is 17.9 Å². The Labute approximate surface area is 566 Å². The van der Waals surface area contributed by atoms with Crippen molar-refractivity contribution in [3.05, 3.63) is 245 Å². The normalized spacial score (nSPS) is 13.0. The molecule has 11 rings (SSSR count). The van der Waals surface area contributed by atoms with Crippen LogP contribution in [0.4, 0.5) is 39.8 Å². The Morgan fingerprint density at radius 2 is 0.606 bits per heavy atom. The molecule has 2 aliphatic carbocycles. The second kappa shape index (κ2) is 33.1. The lowest BCUT2D eigenvalue weighted by Crippen LogP contribution is -2.26. The van der Waals surface area contributed by atoms with Gasteiger partial charge in [0.1, 0.15) is 0 Å². The van der Waals surface area contributed by atoms with Gasteiger partial charge in [0.15, 0.2) is 5.69 Å². The number of unbranched alkanes of at least 4 members (excludes halogenated alkanes) is 20. The highest BCUT2D eigenvalue weighted by atomic mass is 15.1. The number of anilines is 6. The smallest absolute Gasteiger partial charge is 0.195 e. The molecular weight excluding hydrogens is 1140 g/mol. The maximum Gasteiger partial charge on any atom is 0.195 e. The number of nitriles is 1. The molecule has 4 nitrogen and oxygen atoms in total. The van der Waals surface area contributed by atoms with Gasteiger partial charge in [-0.15, -0.1) is 0 Å². The summed E-state index contributed by atoms with van der Waals surface area (Å²) in [7, 11) is 0. The van der Waals surface area contributed by atoms with Gasteiger partial charge in [-0.05, 0) is 183 Å². The number of benzene rings is 9. The molecule has 0 amide bonds. The summed E-state index contributed by atoms with van der Waals surface area (Å²) >= 11 is 0. The minimum atomic E-state index is -0.234. The maximum absolute atomic E-state index is 11.5. The van der Waals surface area contributed by atoms with Crippen LogP contribution in [0.2, 0.25) is 0 Å². The third kappa shape index (κ3) is 14.9. The molecule has 0 radical (unpaired) electrons. The van der Waals surface area contributed by atoms with Gasteiger partial charge >= 0.3 is 0 Å². The fraction of sp³-hybridized carbons (Fsp3) is 0.378. The van der Waals surface area contributed by atoms with Gasteiger partial charge < -0.3 is 9.80 Å². The van der Waals surface area contributed by atoms with Gasteiger partial charge in [0, 0.05) is 45.0 Å². The fourth-order valence-corrected chi connectivity index (χ4v) is 16.2. The average Bonchev–Trinajstić information content (AvgIpc) is 1.56. The highest BCUT2D eigenvalue weighted by molar-refractivity contribution is 5.93. The lowest BCUT2D eigenvalue weighted by Gasteiger charge is -2.34. The standard InChI is InChI=1S/C90H102N4/c1-6-10-14-18-22-38-58-89(59-39-23-19-15-11-7-2)84-63-69(50-54-78(84)80-56-52-76(65-86(80)89)93(72-42-30-26-31-43-72)73-44-32-27-33-45-73)82-67-88(92-5)83(62-71(82)68-91)70-51-55-79-81-57-53-77(94(74-46-34-28-35-47-74)75-48-36-29-37-49-75)66-87(81)90(85(79)64-70,60-40-24-20-16-12-8-3)61-41-25-21-17-13-9-4/h26-37,42-57,62-67H,6-25,38-41,58-61H2,1-4H3. The van der Waals surface area contributed by atoms with Crippen LogP contribution in [0.5, 0.6) is 0 Å². The van der Waals surface area contributed by atoms with E-state index in [1.54, 1.807) is 0 Å². The van der Waals surface area contributed by atoms with Crippen molar-refractivity contribution in [2.45, 2.75) is 218 Å². The van der Waals surface area contributed by atoms with E-state index in [0.29, 0.717) is 11.3 Å². The van der Waals surface area contributed by atoms with Crippen LogP contribution in [0.15, 0.2) is 206 Å². The van der Waals surface area contributed by atoms with E-state index in [9.17, 15) is 5.26 Å². The Morgan fingerprint density at radius 1 is 0.309 bits per heavy atom. The van der Waals surface area contributed by atoms with Crippen molar-refractivity contribution in [3.63, 3.8) is 0 Å². The maximum atomic E-state index is 11.5. The van der Waals surface area contributed by atoms with Crippen LogP contribution < -0.4 is 9.80 Å². The highest BCUT2D eigenvalue weighted by Gasteiger charge is 2.45. The predicted octanol–water partition coefficient (Wildman–Crippen LogP) is 27.9. The molecule has 2 aliphatic rings. The van der Waals surface area contributed by atoms with Crippen molar-refractivity contribution in [1.29, 1.82) is 5.26 Å². The zero-order valence-electron chi connectivity index (χ0n) is 57.2. The summed E-state index contributed by atoms with van der Waals surface area (Å²) in [4.78, 5) is 9.27. The number of nitrogens with zero attached hydrogens (tertiary/aromatic N) is 4. The fourth-order valence-electron chi connectivity index (χ4n) is 16.2. The van der Waals surface area contributed by atoms with E-state index >= 15 is 0 Å². The Kier molecular flexibility index (Phi) is 23.6. The Bertz CT molecular complexity index is 3590. The summed E-state index contributed by atoms with van der Waals surface area (Å²) in [5, 5.41) is 11.5. The molecule has 0 bridgehead atoms. The molecule has 0 spiro atoms. The molecule has 0 heterocycles. The third-order valence-electron chi connectivity index (χ3n) is 21.1. The first kappa shape index (κ1) is 67.0. The van der Waals surface area contributed by atoms with E-state index in [4.69, 9.17) is 6.57 Å². The molecule has 0 N–H and O–H groups in total. The van der Waals surface area contributed by atoms with E-state index in [0.717, 1.165) is 96.4 Å². The quantitative estimate of drug-likeness (QED) is 0.0290. The largest absolute Gasteiger partial charge is 0.310 e. The average molecular weight is 1240 g/mol. The minimum absolute atomic E-state index is 0.233. The van der Waals surface area contributed by atoms with Crippen molar-refractivity contribution < 1.29 is 0 Å². The summed E-state index contributed by atoms with van der Waals surface area (Å²) in [6, 6.07) is 79.0. The molecule has 9 aromatic rings. The van der Waals surface area contributed by atoms with Crippen LogP contribution in [-0.2, 0) is 10.8 Å². The van der Waals surface area contributed by atoms with Crippen molar-refractivity contribution in [2.24, 2.45) is 0 Å². The van der Waals surface area contributed by atoms with E-state index in [-0.39, 0.29) is 10.8 Å². The summed E-state index contributed by atoms with van der Waals surface area (Å²) in [5.41, 5.74) is 22.2. The van der Waals surface area contributed by atoms with Crippen molar-refractivity contribution in [1.82, 2.24) is 0 Å². The SMILES string of the molecule is [C-]#[N+]c1cc(-c2ccc3c(c2)C(CCCCCCCC)(CCCCCCCC)c2cc(N(c4ccccc4)c4ccccc4)ccc2-3)c(C#N)cc1-c1ccc2c(c1)C(CCCCCCCC)(CCCCCCCC)c1cc(N(c3ccccc3)c3ccccc3)ccc1-2. The van der Waals surface area contributed by atoms with Crippen LogP contribution in [0.1, 0.15) is 235 Å². The Morgan fingerprint density at radius 3 is 0.926 bits per heavy atom. The highest BCUT2D eigenvalue weighted by Crippen LogP contribution is 2.59. The first-order chi connectivity index (χ1) is 46.4. The molecule has 482 valence electrons. The van der Waals surface area contributed by atoms with Gasteiger partial charge in [0.2, 0.25) is 0 Å². The van der Waals surface area contributed by atoms with Gasteiger partial charge in [0.05, 0.1) is 18.2 Å². The van der Waals surface area contributed by atoms with Crippen LogP contribution in [-0.4, -0.2) is 0 Å². The van der Waals surface area contributed by atoms with Gasteiger partial charge in [-0.25, -0.2) is 4.85 Å². The van der Waals surface area contributed by atoms with Gasteiger partial charge in [-0.2, -0.15) is 5.26 Å². The monoisotopic (exact) mass is 1240 g/mol. The zero-order valence-corrected chi connectivity index (χ0v) is 57.2. The number of fused-ring (bicyclic) bond motifs is 6. The molecule has 0 fully saturated rings. The number of rotatable bonds is 36. The lowest BCUT2D eigenvalue weighted by atomic mass is 9.70. The second-order valence-electron chi connectivity index (χ2n) is 27.4. The Hall–Kier alpha value is -8.44. The molecule has 0 aliphatic heterocycles. The van der Waals surface area contributed by atoms with E-state index in [2.05, 4.69) is 255 Å². The summed E-state index contributed by atoms with van der Waals surface area (Å²) in [6.45, 7) is 18.3. The molecular formula is C90H102N4. The predicted molar refractivity (Wildman–Crippen MR) is 402 cm³/mol. The summed E-state index contributed by atoms with van der Waals surface area (Å²) in [5.74, 6) is 0. The lowest BCUT2D eigenvalue weighted by molar-refractivity contribution is 0.398. The van der Waals surface area contributed by atoms with E-state index in [1.165, 1.54) is 184 Å². The van der Waals surface area contributed by atoms with E-state index < -0.39 is 0 Å². The second-order valence-corrected chi connectivity index (χ2v) is 27.4. The number of para-hydroxylation sites is 4. The van der Waals surface area contributed by atoms with Crippen LogP contribution in [0.25, 0.3) is 49.4 Å². The van der Waals surface area contributed by atoms with E-state index in [1.807, 2.05) is 0 Å². The molecule has 0 aromatic heterocycles. The van der Waals surface area contributed by atoms with Crippen LogP contribution in [0.3, 0.4) is 0 Å². The first-order valence-electron chi connectivity index (χ1n) is 36.8. The van der Waals surface area contributed by atoms with Crippen molar-refractivity contribution in [3.8, 4) is 50.6 Å². The van der Waals surface area contributed by atoms with Gasteiger partial charge in [0.25, 0.3) is 0 Å². The third-order valence-corrected chi connectivity index (χ3v) is 21.1. The van der Waals surface area contributed by atoms with Crippen molar-refractivity contribution >= 4 is 39.8 Å².